The fourth-order valence-corrected chi connectivity index (χ4v) is 3.56. The lowest BCUT2D eigenvalue weighted by atomic mass is 10.4. The first kappa shape index (κ1) is 13.3. The largest absolute Gasteiger partial charge is 0.341 e. The minimum Gasteiger partial charge on any atom is -0.218 e. The number of hydrogen-bond donors (Lipinski definition) is 0. The molecule has 0 saturated carbocycles. The summed E-state index contributed by atoms with van der Waals surface area (Å²) in [5, 5.41) is 0. The van der Waals surface area contributed by atoms with Gasteiger partial charge in [-0.3, -0.25) is 0 Å². The van der Waals surface area contributed by atoms with E-state index in [0.29, 0.717) is 0 Å². The highest BCUT2D eigenvalue weighted by Gasteiger charge is 2.32. The van der Waals surface area contributed by atoms with Crippen LogP contribution in [0, 0.1) is 0 Å². The van der Waals surface area contributed by atoms with E-state index in [9.17, 15) is 25.6 Å². The van der Waals surface area contributed by atoms with E-state index in [1.165, 1.54) is 6.07 Å². The molecule has 0 spiro atoms. The van der Waals surface area contributed by atoms with Gasteiger partial charge in [-0.1, -0.05) is 12.1 Å². The molecular formula is C7H5ClF2O4S2. The van der Waals surface area contributed by atoms with Crippen LogP contribution in [0.3, 0.4) is 0 Å². The molecule has 1 aromatic rings. The number of alkyl halides is 2. The molecule has 0 saturated heterocycles. The minimum absolute atomic E-state index is 0.761. The van der Waals surface area contributed by atoms with Gasteiger partial charge in [0.05, 0.1) is 4.90 Å². The summed E-state index contributed by atoms with van der Waals surface area (Å²) in [7, 11) is -4.44. The number of benzene rings is 1. The fraction of sp³-hybridized carbons (Fsp3) is 0.143. The van der Waals surface area contributed by atoms with Crippen molar-refractivity contribution in [3.05, 3.63) is 24.3 Å². The first-order valence-electron chi connectivity index (χ1n) is 3.73. The third-order valence-electron chi connectivity index (χ3n) is 1.65. The van der Waals surface area contributed by atoms with Crippen molar-refractivity contribution in [2.24, 2.45) is 0 Å². The Labute approximate surface area is 95.2 Å². The van der Waals surface area contributed by atoms with Crippen LogP contribution >= 0.6 is 10.7 Å². The van der Waals surface area contributed by atoms with Crippen molar-refractivity contribution in [1.82, 2.24) is 0 Å². The zero-order valence-electron chi connectivity index (χ0n) is 7.47. The lowest BCUT2D eigenvalue weighted by Gasteiger charge is -2.06. The van der Waals surface area contributed by atoms with E-state index in [1.807, 2.05) is 0 Å². The van der Waals surface area contributed by atoms with E-state index in [2.05, 4.69) is 0 Å². The molecule has 0 aromatic heterocycles. The van der Waals surface area contributed by atoms with Gasteiger partial charge in [-0.25, -0.2) is 16.8 Å². The monoisotopic (exact) mass is 290 g/mol. The van der Waals surface area contributed by atoms with Gasteiger partial charge in [0.2, 0.25) is 9.84 Å². The van der Waals surface area contributed by atoms with Crippen molar-refractivity contribution in [3.63, 3.8) is 0 Å². The van der Waals surface area contributed by atoms with Crippen LogP contribution in [0.2, 0.25) is 0 Å². The molecule has 0 N–H and O–H groups in total. The predicted octanol–water partition coefficient (Wildman–Crippen LogP) is 1.61. The van der Waals surface area contributed by atoms with Crippen LogP contribution in [0.15, 0.2) is 34.1 Å². The maximum Gasteiger partial charge on any atom is 0.341 e. The van der Waals surface area contributed by atoms with Crippen LogP contribution in [0.1, 0.15) is 0 Å². The fourth-order valence-electron chi connectivity index (χ4n) is 0.983. The third-order valence-corrected chi connectivity index (χ3v) is 4.60. The highest BCUT2D eigenvalue weighted by atomic mass is 35.7. The van der Waals surface area contributed by atoms with Gasteiger partial charge >= 0.3 is 5.76 Å². The second-order valence-electron chi connectivity index (χ2n) is 2.69. The maximum absolute atomic E-state index is 12.2. The molecule has 0 fully saturated rings. The number of rotatable bonds is 3. The molecule has 0 aliphatic heterocycles. The van der Waals surface area contributed by atoms with Gasteiger partial charge in [-0.2, -0.15) is 8.78 Å². The smallest absolute Gasteiger partial charge is 0.218 e. The number of halogens is 3. The molecule has 0 aliphatic carbocycles. The van der Waals surface area contributed by atoms with Crippen LogP contribution < -0.4 is 0 Å². The molecular weight excluding hydrogens is 286 g/mol. The molecule has 0 unspecified atom stereocenters. The summed E-state index contributed by atoms with van der Waals surface area (Å²) >= 11 is 0. The quantitative estimate of drug-likeness (QED) is 0.793. The van der Waals surface area contributed by atoms with Crippen molar-refractivity contribution in [1.29, 1.82) is 0 Å². The second-order valence-corrected chi connectivity index (χ2v) is 7.11. The summed E-state index contributed by atoms with van der Waals surface area (Å²) in [6, 6.07) is 3.91. The third kappa shape index (κ3) is 2.50. The summed E-state index contributed by atoms with van der Waals surface area (Å²) in [5.74, 6) is -3.70. The lowest BCUT2D eigenvalue weighted by Crippen LogP contribution is -2.14. The zero-order valence-corrected chi connectivity index (χ0v) is 9.86. The van der Waals surface area contributed by atoms with Gasteiger partial charge in [0.15, 0.2) is 0 Å². The maximum atomic E-state index is 12.2. The Balaban J connectivity index is 3.61. The van der Waals surface area contributed by atoms with Gasteiger partial charge in [0.1, 0.15) is 4.90 Å². The van der Waals surface area contributed by atoms with Gasteiger partial charge in [-0.05, 0) is 12.1 Å². The SMILES string of the molecule is O=S(=O)(Cl)c1ccccc1S(=O)(=O)C(F)F. The van der Waals surface area contributed by atoms with E-state index in [0.717, 1.165) is 18.2 Å². The summed E-state index contributed by atoms with van der Waals surface area (Å²) in [5.41, 5.74) is 0. The molecule has 0 aliphatic rings. The molecule has 1 aromatic carbocycles. The molecule has 0 amide bonds. The highest BCUT2D eigenvalue weighted by Crippen LogP contribution is 2.27. The average Bonchev–Trinajstić information content (AvgIpc) is 2.16. The van der Waals surface area contributed by atoms with Crippen molar-refractivity contribution >= 4 is 29.6 Å². The van der Waals surface area contributed by atoms with Gasteiger partial charge < -0.3 is 0 Å². The first-order chi connectivity index (χ1) is 7.17. The summed E-state index contributed by atoms with van der Waals surface area (Å²) in [4.78, 5) is -1.85. The normalized spacial score (nSPS) is 13.0. The van der Waals surface area contributed by atoms with Crippen LogP contribution in [0.25, 0.3) is 0 Å². The Hall–Kier alpha value is -0.730. The molecule has 0 atom stereocenters. The van der Waals surface area contributed by atoms with E-state index < -0.39 is 34.4 Å². The van der Waals surface area contributed by atoms with Gasteiger partial charge in [-0.15, -0.1) is 0 Å². The molecule has 9 heteroatoms. The van der Waals surface area contributed by atoms with Gasteiger partial charge in [0.25, 0.3) is 9.05 Å². The number of hydrogen-bond acceptors (Lipinski definition) is 4. The lowest BCUT2D eigenvalue weighted by molar-refractivity contribution is 0.234. The summed E-state index contributed by atoms with van der Waals surface area (Å²) in [6.45, 7) is 0. The van der Waals surface area contributed by atoms with Gasteiger partial charge in [0, 0.05) is 10.7 Å². The minimum atomic E-state index is -4.99. The Morgan fingerprint density at radius 3 is 1.81 bits per heavy atom. The zero-order chi connectivity index (χ0) is 12.6. The van der Waals surface area contributed by atoms with Crippen molar-refractivity contribution in [2.45, 2.75) is 15.5 Å². The summed E-state index contributed by atoms with van der Waals surface area (Å²) in [6.07, 6.45) is 0. The molecule has 90 valence electrons. The molecule has 16 heavy (non-hydrogen) atoms. The van der Waals surface area contributed by atoms with E-state index in [4.69, 9.17) is 10.7 Å². The molecule has 1 rings (SSSR count). The molecule has 4 nitrogen and oxygen atoms in total. The standard InChI is InChI=1S/C7H5ClF2O4S2/c8-16(13,14)6-4-2-1-3-5(6)15(11,12)7(9)10/h1-4,7H. The van der Waals surface area contributed by atoms with E-state index in [-0.39, 0.29) is 0 Å². The molecule has 0 radical (unpaired) electrons. The van der Waals surface area contributed by atoms with Crippen molar-refractivity contribution in [2.75, 3.05) is 0 Å². The molecule has 0 bridgehead atoms. The average molecular weight is 291 g/mol. The van der Waals surface area contributed by atoms with E-state index >= 15 is 0 Å². The second kappa shape index (κ2) is 4.27. The Bertz CT molecular complexity index is 595. The highest BCUT2D eigenvalue weighted by molar-refractivity contribution is 8.14. The first-order valence-corrected chi connectivity index (χ1v) is 7.58. The van der Waals surface area contributed by atoms with Crippen LogP contribution in [0.5, 0.6) is 0 Å². The molecule has 0 heterocycles. The Kier molecular flexibility index (Phi) is 3.56. The number of sulfone groups is 1. The van der Waals surface area contributed by atoms with Crippen molar-refractivity contribution in [3.8, 4) is 0 Å². The summed E-state index contributed by atoms with van der Waals surface area (Å²) < 4.78 is 68.7. The Morgan fingerprint density at radius 1 is 1.00 bits per heavy atom. The van der Waals surface area contributed by atoms with E-state index in [1.54, 1.807) is 0 Å². The van der Waals surface area contributed by atoms with Crippen LogP contribution in [-0.4, -0.2) is 22.6 Å². The van der Waals surface area contributed by atoms with Crippen LogP contribution in [0.4, 0.5) is 8.78 Å². The van der Waals surface area contributed by atoms with Crippen LogP contribution in [-0.2, 0) is 18.9 Å². The predicted molar refractivity (Wildman–Crippen MR) is 52.7 cm³/mol. The Morgan fingerprint density at radius 2 is 1.44 bits per heavy atom. The topological polar surface area (TPSA) is 68.3 Å². The van der Waals surface area contributed by atoms with Crippen molar-refractivity contribution < 1.29 is 25.6 Å².